The highest BCUT2D eigenvalue weighted by Crippen LogP contribution is 2.14. The molecular weight excluding hydrogens is 317 g/mol. The Hall–Kier alpha value is -2.25. The molecule has 3 rings (SSSR count). The molecule has 2 aromatic carbocycles. The van der Waals surface area contributed by atoms with E-state index in [4.69, 9.17) is 0 Å². The van der Waals surface area contributed by atoms with E-state index in [9.17, 15) is 12.8 Å². The number of halogens is 1. The SMILES string of the molecule is Cn1cnc2cc(CCNS(=O)(=O)c3ccc(F)cc3)ccc21. The van der Waals surface area contributed by atoms with Crippen molar-refractivity contribution in [2.24, 2.45) is 7.05 Å². The Bertz CT molecular complexity index is 934. The standard InChI is InChI=1S/C16H16FN3O2S/c1-20-11-18-15-10-12(2-7-16(15)20)8-9-19-23(21,22)14-5-3-13(17)4-6-14/h2-7,10-11,19H,8-9H2,1H3. The third kappa shape index (κ3) is 3.40. The Morgan fingerprint density at radius 1 is 1.17 bits per heavy atom. The fourth-order valence-electron chi connectivity index (χ4n) is 2.36. The number of hydrogen-bond donors (Lipinski definition) is 1. The molecule has 1 heterocycles. The lowest BCUT2D eigenvalue weighted by Crippen LogP contribution is -2.26. The van der Waals surface area contributed by atoms with Crippen LogP contribution in [0.15, 0.2) is 53.7 Å². The van der Waals surface area contributed by atoms with E-state index < -0.39 is 15.8 Å². The number of nitrogens with one attached hydrogen (secondary N) is 1. The largest absolute Gasteiger partial charge is 0.334 e. The van der Waals surface area contributed by atoms with E-state index in [1.807, 2.05) is 29.8 Å². The first-order valence-electron chi connectivity index (χ1n) is 7.11. The number of nitrogens with zero attached hydrogens (tertiary/aromatic N) is 2. The van der Waals surface area contributed by atoms with Gasteiger partial charge in [-0.15, -0.1) is 0 Å². The maximum Gasteiger partial charge on any atom is 0.240 e. The van der Waals surface area contributed by atoms with Crippen LogP contribution in [0.5, 0.6) is 0 Å². The van der Waals surface area contributed by atoms with Crippen molar-refractivity contribution in [3.63, 3.8) is 0 Å². The molecule has 23 heavy (non-hydrogen) atoms. The lowest BCUT2D eigenvalue weighted by atomic mass is 10.1. The molecule has 1 N–H and O–H groups in total. The summed E-state index contributed by atoms with van der Waals surface area (Å²) in [5.41, 5.74) is 2.91. The van der Waals surface area contributed by atoms with Crippen LogP contribution in [0.3, 0.4) is 0 Å². The first-order valence-corrected chi connectivity index (χ1v) is 8.59. The van der Waals surface area contributed by atoms with Crippen molar-refractivity contribution in [1.82, 2.24) is 14.3 Å². The molecule has 0 aliphatic heterocycles. The molecule has 0 unspecified atom stereocenters. The van der Waals surface area contributed by atoms with Gasteiger partial charge in [-0.25, -0.2) is 22.5 Å². The monoisotopic (exact) mass is 333 g/mol. The van der Waals surface area contributed by atoms with Crippen LogP contribution in [-0.2, 0) is 23.5 Å². The van der Waals surface area contributed by atoms with Gasteiger partial charge in [0.15, 0.2) is 0 Å². The van der Waals surface area contributed by atoms with Crippen molar-refractivity contribution in [2.75, 3.05) is 6.54 Å². The third-order valence-corrected chi connectivity index (χ3v) is 5.10. The zero-order chi connectivity index (χ0) is 16.4. The summed E-state index contributed by atoms with van der Waals surface area (Å²) < 4.78 is 41.5. The number of sulfonamides is 1. The zero-order valence-corrected chi connectivity index (χ0v) is 13.3. The average Bonchev–Trinajstić information content (AvgIpc) is 2.88. The van der Waals surface area contributed by atoms with Gasteiger partial charge >= 0.3 is 0 Å². The van der Waals surface area contributed by atoms with E-state index in [0.717, 1.165) is 28.7 Å². The number of aryl methyl sites for hydroxylation is 1. The highest BCUT2D eigenvalue weighted by atomic mass is 32.2. The molecule has 0 spiro atoms. The summed E-state index contributed by atoms with van der Waals surface area (Å²) in [5, 5.41) is 0. The second-order valence-corrected chi connectivity index (χ2v) is 7.05. The fourth-order valence-corrected chi connectivity index (χ4v) is 3.40. The van der Waals surface area contributed by atoms with Gasteiger partial charge in [0, 0.05) is 13.6 Å². The molecule has 0 radical (unpaired) electrons. The Balaban J connectivity index is 1.66. The Kier molecular flexibility index (Phi) is 4.14. The minimum atomic E-state index is -3.62. The molecule has 0 atom stereocenters. The van der Waals surface area contributed by atoms with E-state index in [1.54, 1.807) is 6.33 Å². The molecule has 0 saturated heterocycles. The van der Waals surface area contributed by atoms with Crippen molar-refractivity contribution in [3.05, 3.63) is 60.2 Å². The number of benzene rings is 2. The minimum absolute atomic E-state index is 0.0547. The van der Waals surface area contributed by atoms with Crippen LogP contribution in [0.2, 0.25) is 0 Å². The second-order valence-electron chi connectivity index (χ2n) is 5.28. The van der Waals surface area contributed by atoms with Gasteiger partial charge < -0.3 is 4.57 Å². The van der Waals surface area contributed by atoms with Crippen LogP contribution in [0.1, 0.15) is 5.56 Å². The highest BCUT2D eigenvalue weighted by Gasteiger charge is 2.13. The van der Waals surface area contributed by atoms with E-state index in [0.29, 0.717) is 6.42 Å². The topological polar surface area (TPSA) is 64.0 Å². The van der Waals surface area contributed by atoms with Gasteiger partial charge in [-0.1, -0.05) is 6.07 Å². The summed E-state index contributed by atoms with van der Waals surface area (Å²) in [6.07, 6.45) is 2.29. The maximum absolute atomic E-state index is 12.9. The summed E-state index contributed by atoms with van der Waals surface area (Å²) in [7, 11) is -1.70. The van der Waals surface area contributed by atoms with Crippen LogP contribution in [0, 0.1) is 5.82 Å². The molecule has 0 bridgehead atoms. The lowest BCUT2D eigenvalue weighted by Gasteiger charge is -2.07. The number of rotatable bonds is 5. The third-order valence-electron chi connectivity index (χ3n) is 3.62. The number of hydrogen-bond acceptors (Lipinski definition) is 3. The normalized spacial score (nSPS) is 11.9. The van der Waals surface area contributed by atoms with Crippen LogP contribution < -0.4 is 4.72 Å². The van der Waals surface area contributed by atoms with Gasteiger partial charge in [0.1, 0.15) is 5.82 Å². The van der Waals surface area contributed by atoms with E-state index in [-0.39, 0.29) is 11.4 Å². The van der Waals surface area contributed by atoms with Crippen molar-refractivity contribution < 1.29 is 12.8 Å². The first kappa shape index (κ1) is 15.6. The molecule has 0 amide bonds. The van der Waals surface area contributed by atoms with Gasteiger partial charge in [-0.05, 0) is 48.4 Å². The maximum atomic E-state index is 12.9. The predicted molar refractivity (Wildman–Crippen MR) is 86.0 cm³/mol. The lowest BCUT2D eigenvalue weighted by molar-refractivity contribution is 0.580. The van der Waals surface area contributed by atoms with Crippen LogP contribution in [0.4, 0.5) is 4.39 Å². The molecule has 5 nitrogen and oxygen atoms in total. The predicted octanol–water partition coefficient (Wildman–Crippen LogP) is 2.23. The van der Waals surface area contributed by atoms with Crippen LogP contribution in [-0.4, -0.2) is 24.5 Å². The van der Waals surface area contributed by atoms with Gasteiger partial charge in [0.05, 0.1) is 22.3 Å². The number of fused-ring (bicyclic) bond motifs is 1. The van der Waals surface area contributed by atoms with Crippen molar-refractivity contribution in [1.29, 1.82) is 0 Å². The Morgan fingerprint density at radius 3 is 2.65 bits per heavy atom. The Labute approximate surface area is 133 Å². The molecule has 3 aromatic rings. The van der Waals surface area contributed by atoms with E-state index in [2.05, 4.69) is 9.71 Å². The smallest absolute Gasteiger partial charge is 0.240 e. The molecule has 0 aliphatic carbocycles. The second kappa shape index (κ2) is 6.10. The van der Waals surface area contributed by atoms with Crippen molar-refractivity contribution in [2.45, 2.75) is 11.3 Å². The van der Waals surface area contributed by atoms with Crippen molar-refractivity contribution in [3.8, 4) is 0 Å². The summed E-state index contributed by atoms with van der Waals surface area (Å²) in [5.74, 6) is -0.465. The van der Waals surface area contributed by atoms with Gasteiger partial charge in [-0.3, -0.25) is 0 Å². The molecule has 0 saturated carbocycles. The fraction of sp³-hybridized carbons (Fsp3) is 0.188. The highest BCUT2D eigenvalue weighted by molar-refractivity contribution is 7.89. The van der Waals surface area contributed by atoms with Gasteiger partial charge in [0.2, 0.25) is 10.0 Å². The average molecular weight is 333 g/mol. The number of imidazole rings is 1. The Morgan fingerprint density at radius 2 is 1.91 bits per heavy atom. The molecule has 120 valence electrons. The van der Waals surface area contributed by atoms with Gasteiger partial charge in [-0.2, -0.15) is 0 Å². The molecular formula is C16H16FN3O2S. The summed E-state index contributed by atoms with van der Waals surface area (Å²) >= 11 is 0. The minimum Gasteiger partial charge on any atom is -0.334 e. The zero-order valence-electron chi connectivity index (χ0n) is 12.5. The first-order chi connectivity index (χ1) is 11.0. The molecule has 1 aromatic heterocycles. The van der Waals surface area contributed by atoms with Crippen molar-refractivity contribution >= 4 is 21.1 Å². The molecule has 0 fully saturated rings. The molecule has 7 heteroatoms. The van der Waals surface area contributed by atoms with Crippen LogP contribution in [0.25, 0.3) is 11.0 Å². The van der Waals surface area contributed by atoms with Gasteiger partial charge in [0.25, 0.3) is 0 Å². The molecule has 0 aliphatic rings. The summed E-state index contributed by atoms with van der Waals surface area (Å²) in [6.45, 7) is 0.262. The summed E-state index contributed by atoms with van der Waals surface area (Å²) in [6, 6.07) is 10.6. The van der Waals surface area contributed by atoms with E-state index >= 15 is 0 Å². The van der Waals surface area contributed by atoms with Crippen LogP contribution >= 0.6 is 0 Å². The number of aromatic nitrogens is 2. The summed E-state index contributed by atoms with van der Waals surface area (Å²) in [4.78, 5) is 4.34. The van der Waals surface area contributed by atoms with E-state index in [1.165, 1.54) is 12.1 Å². The quantitative estimate of drug-likeness (QED) is 0.779.